The molecule has 1 amide bonds. The number of amides is 1. The Labute approximate surface area is 164 Å². The van der Waals surface area contributed by atoms with Gasteiger partial charge in [-0.1, -0.05) is 35.4 Å². The predicted molar refractivity (Wildman–Crippen MR) is 105 cm³/mol. The van der Waals surface area contributed by atoms with Crippen LogP contribution < -0.4 is 0 Å². The molecule has 27 heavy (non-hydrogen) atoms. The molecule has 0 atom stereocenters. The summed E-state index contributed by atoms with van der Waals surface area (Å²) in [6.45, 7) is 5.14. The number of nitrogens with zero attached hydrogens (tertiary/aromatic N) is 2. The van der Waals surface area contributed by atoms with Crippen LogP contribution in [0.25, 0.3) is 11.1 Å². The highest BCUT2D eigenvalue weighted by atomic mass is 35.5. The van der Waals surface area contributed by atoms with Crippen LogP contribution in [0.15, 0.2) is 30.5 Å². The highest BCUT2D eigenvalue weighted by molar-refractivity contribution is 6.32. The number of hydrogen-bond donors (Lipinski definition) is 1. The summed E-state index contributed by atoms with van der Waals surface area (Å²) < 4.78 is 0. The van der Waals surface area contributed by atoms with Crippen LogP contribution in [-0.4, -0.2) is 33.4 Å². The molecule has 0 unspecified atom stereocenters. The Hall–Kier alpha value is -2.40. The van der Waals surface area contributed by atoms with Crippen LogP contribution >= 0.6 is 11.6 Å². The molecule has 3 rings (SSSR count). The SMILES string of the molecule is CCN(Cc1cc(C)ccc1-c1cc(CC(=O)O)cnc1Cl)C(=O)C1CC1. The lowest BCUT2D eigenvalue weighted by Gasteiger charge is -2.23. The first-order valence-corrected chi connectivity index (χ1v) is 9.51. The van der Waals surface area contributed by atoms with E-state index >= 15 is 0 Å². The van der Waals surface area contributed by atoms with Crippen LogP contribution in [0.1, 0.15) is 36.5 Å². The van der Waals surface area contributed by atoms with Crippen LogP contribution in [-0.2, 0) is 22.6 Å². The van der Waals surface area contributed by atoms with Crippen LogP contribution in [0.5, 0.6) is 0 Å². The molecule has 0 bridgehead atoms. The van der Waals surface area contributed by atoms with Gasteiger partial charge < -0.3 is 10.0 Å². The van der Waals surface area contributed by atoms with E-state index in [9.17, 15) is 9.59 Å². The number of aromatic nitrogens is 1. The summed E-state index contributed by atoms with van der Waals surface area (Å²) in [5.74, 6) is -0.544. The van der Waals surface area contributed by atoms with Gasteiger partial charge in [-0.25, -0.2) is 4.98 Å². The molecule has 1 N–H and O–H groups in total. The number of aliphatic carboxylic acids is 1. The smallest absolute Gasteiger partial charge is 0.307 e. The fourth-order valence-electron chi connectivity index (χ4n) is 3.21. The summed E-state index contributed by atoms with van der Waals surface area (Å²) in [5.41, 5.74) is 4.25. The summed E-state index contributed by atoms with van der Waals surface area (Å²) in [7, 11) is 0. The largest absolute Gasteiger partial charge is 0.481 e. The van der Waals surface area contributed by atoms with Crippen LogP contribution in [0.2, 0.25) is 5.15 Å². The van der Waals surface area contributed by atoms with Crippen molar-refractivity contribution >= 4 is 23.5 Å². The third-order valence-electron chi connectivity index (χ3n) is 4.78. The van der Waals surface area contributed by atoms with Gasteiger partial charge in [0, 0.05) is 30.8 Å². The summed E-state index contributed by atoms with van der Waals surface area (Å²) in [6, 6.07) is 7.78. The van der Waals surface area contributed by atoms with E-state index in [1.165, 1.54) is 6.20 Å². The second-order valence-corrected chi connectivity index (χ2v) is 7.40. The number of pyridine rings is 1. The van der Waals surface area contributed by atoms with Gasteiger partial charge in [0.15, 0.2) is 0 Å². The first kappa shape index (κ1) is 19.4. The molecule has 1 fully saturated rings. The Morgan fingerprint density at radius 3 is 2.63 bits per heavy atom. The standard InChI is InChI=1S/C21H23ClN2O3/c1-3-24(21(27)15-5-6-15)12-16-8-13(2)4-7-17(16)18-9-14(10-19(25)26)11-23-20(18)22/h4,7-9,11,15H,3,5-6,10,12H2,1-2H3,(H,25,26). The van der Waals surface area contributed by atoms with Crippen LogP contribution in [0.4, 0.5) is 0 Å². The zero-order chi connectivity index (χ0) is 19.6. The minimum Gasteiger partial charge on any atom is -0.481 e. The van der Waals surface area contributed by atoms with Gasteiger partial charge in [-0.3, -0.25) is 9.59 Å². The number of carbonyl (C=O) groups is 2. The average molecular weight is 387 g/mol. The van der Waals surface area contributed by atoms with Crippen molar-refractivity contribution in [3.8, 4) is 11.1 Å². The molecule has 6 heteroatoms. The maximum atomic E-state index is 12.5. The number of carboxylic acid groups (broad SMARTS) is 1. The van der Waals surface area contributed by atoms with Crippen molar-refractivity contribution in [2.24, 2.45) is 5.92 Å². The van der Waals surface area contributed by atoms with Gasteiger partial charge in [0.25, 0.3) is 0 Å². The minimum absolute atomic E-state index is 0.111. The van der Waals surface area contributed by atoms with Crippen molar-refractivity contribution in [2.45, 2.75) is 39.7 Å². The third-order valence-corrected chi connectivity index (χ3v) is 5.08. The minimum atomic E-state index is -0.915. The van der Waals surface area contributed by atoms with E-state index in [1.807, 2.05) is 30.9 Å². The third kappa shape index (κ3) is 4.66. The number of hydrogen-bond acceptors (Lipinski definition) is 3. The lowest BCUT2D eigenvalue weighted by Crippen LogP contribution is -2.31. The Kier molecular flexibility index (Phi) is 5.80. The monoisotopic (exact) mass is 386 g/mol. The Bertz CT molecular complexity index is 878. The van der Waals surface area contributed by atoms with Crippen molar-refractivity contribution in [3.05, 3.63) is 52.3 Å². The quantitative estimate of drug-likeness (QED) is 0.727. The molecule has 1 saturated carbocycles. The lowest BCUT2D eigenvalue weighted by atomic mass is 9.97. The second-order valence-electron chi connectivity index (χ2n) is 7.04. The molecule has 142 valence electrons. The van der Waals surface area contributed by atoms with Gasteiger partial charge in [-0.2, -0.15) is 0 Å². The maximum Gasteiger partial charge on any atom is 0.307 e. The molecule has 1 heterocycles. The summed E-state index contributed by atoms with van der Waals surface area (Å²) in [6.07, 6.45) is 3.33. The number of carbonyl (C=O) groups excluding carboxylic acids is 1. The van der Waals surface area contributed by atoms with Crippen molar-refractivity contribution in [2.75, 3.05) is 6.54 Å². The molecule has 1 aromatic carbocycles. The molecule has 1 aliphatic carbocycles. The Morgan fingerprint density at radius 1 is 1.26 bits per heavy atom. The van der Waals surface area contributed by atoms with E-state index in [0.717, 1.165) is 29.5 Å². The van der Waals surface area contributed by atoms with Gasteiger partial charge in [-0.05, 0) is 49.4 Å². The van der Waals surface area contributed by atoms with Crippen LogP contribution in [0.3, 0.4) is 0 Å². The number of benzene rings is 1. The molecule has 0 saturated heterocycles. The summed E-state index contributed by atoms with van der Waals surface area (Å²) >= 11 is 6.33. The highest BCUT2D eigenvalue weighted by Gasteiger charge is 2.33. The number of halogens is 1. The van der Waals surface area contributed by atoms with E-state index in [-0.39, 0.29) is 18.2 Å². The molecule has 0 aliphatic heterocycles. The molecule has 0 radical (unpaired) electrons. The van der Waals surface area contributed by atoms with Gasteiger partial charge in [0.1, 0.15) is 5.15 Å². The first-order chi connectivity index (χ1) is 12.9. The number of rotatable bonds is 7. The van der Waals surface area contributed by atoms with Gasteiger partial charge >= 0.3 is 5.97 Å². The second kappa shape index (κ2) is 8.09. The van der Waals surface area contributed by atoms with Crippen molar-refractivity contribution in [1.29, 1.82) is 0 Å². The average Bonchev–Trinajstić information content (AvgIpc) is 3.46. The Balaban J connectivity index is 1.98. The Morgan fingerprint density at radius 2 is 2.00 bits per heavy atom. The molecule has 1 aromatic heterocycles. The van der Waals surface area contributed by atoms with Crippen LogP contribution in [0, 0.1) is 12.8 Å². The summed E-state index contributed by atoms with van der Waals surface area (Å²) in [5, 5.41) is 9.38. The fraction of sp³-hybridized carbons (Fsp3) is 0.381. The van der Waals surface area contributed by atoms with Gasteiger partial charge in [0.2, 0.25) is 5.91 Å². The lowest BCUT2D eigenvalue weighted by molar-refractivity contribution is -0.136. The van der Waals surface area contributed by atoms with Crippen molar-refractivity contribution in [1.82, 2.24) is 9.88 Å². The van der Waals surface area contributed by atoms with E-state index in [0.29, 0.717) is 29.4 Å². The van der Waals surface area contributed by atoms with Gasteiger partial charge in [-0.15, -0.1) is 0 Å². The molecular formula is C21H23ClN2O3. The fourth-order valence-corrected chi connectivity index (χ4v) is 3.41. The van der Waals surface area contributed by atoms with Crippen molar-refractivity contribution in [3.63, 3.8) is 0 Å². The first-order valence-electron chi connectivity index (χ1n) is 9.14. The molecular weight excluding hydrogens is 364 g/mol. The van der Waals surface area contributed by atoms with E-state index in [2.05, 4.69) is 11.1 Å². The normalized spacial score (nSPS) is 13.4. The number of aryl methyl sites for hydroxylation is 1. The topological polar surface area (TPSA) is 70.5 Å². The molecule has 5 nitrogen and oxygen atoms in total. The summed E-state index contributed by atoms with van der Waals surface area (Å²) in [4.78, 5) is 29.6. The molecule has 1 aliphatic rings. The van der Waals surface area contributed by atoms with E-state index in [4.69, 9.17) is 16.7 Å². The maximum absolute atomic E-state index is 12.5. The van der Waals surface area contributed by atoms with Gasteiger partial charge in [0.05, 0.1) is 6.42 Å². The highest BCUT2D eigenvalue weighted by Crippen LogP contribution is 2.34. The zero-order valence-corrected chi connectivity index (χ0v) is 16.3. The van der Waals surface area contributed by atoms with E-state index < -0.39 is 5.97 Å². The number of carboxylic acids is 1. The molecule has 2 aromatic rings. The van der Waals surface area contributed by atoms with E-state index in [1.54, 1.807) is 6.07 Å². The van der Waals surface area contributed by atoms with Crippen molar-refractivity contribution < 1.29 is 14.7 Å². The zero-order valence-electron chi connectivity index (χ0n) is 15.5. The molecule has 0 spiro atoms. The predicted octanol–water partition coefficient (Wildman–Crippen LogP) is 4.10.